The third kappa shape index (κ3) is 5.79. The van der Waals surface area contributed by atoms with Crippen LogP contribution in [0.1, 0.15) is 99.9 Å². The van der Waals surface area contributed by atoms with E-state index in [0.717, 1.165) is 43.9 Å². The first-order valence-electron chi connectivity index (χ1n) is 27.0. The van der Waals surface area contributed by atoms with E-state index >= 15 is 0 Å². The Morgan fingerprint density at radius 1 is 0.380 bits per heavy atom. The molecule has 5 aromatic heterocycles. The lowest BCUT2D eigenvalue weighted by Crippen LogP contribution is -2.32. The van der Waals surface area contributed by atoms with Gasteiger partial charge in [-0.2, -0.15) is 0 Å². The number of rotatable bonds is 4. The van der Waals surface area contributed by atoms with E-state index in [2.05, 4.69) is 196 Å². The third-order valence-corrected chi connectivity index (χ3v) is 19.4. The van der Waals surface area contributed by atoms with Crippen molar-refractivity contribution in [3.05, 3.63) is 203 Å². The van der Waals surface area contributed by atoms with Crippen molar-refractivity contribution in [2.24, 2.45) is 0 Å². The van der Waals surface area contributed by atoms with Crippen molar-refractivity contribution in [2.75, 3.05) is 9.80 Å². The lowest BCUT2D eigenvalue weighted by atomic mass is 9.71. The van der Waals surface area contributed by atoms with Crippen LogP contribution in [0.25, 0.3) is 88.9 Å². The second kappa shape index (κ2) is 14.9. The van der Waals surface area contributed by atoms with Crippen LogP contribution in [-0.4, -0.2) is 19.9 Å². The fourth-order valence-electron chi connectivity index (χ4n) is 14.1. The smallest absolute Gasteiger partial charge is 0.239 e. The van der Waals surface area contributed by atoms with Gasteiger partial charge in [0.2, 0.25) is 11.8 Å². The topological polar surface area (TPSA) is 111 Å². The van der Waals surface area contributed by atoms with Gasteiger partial charge in [-0.15, -0.1) is 11.3 Å². The molecule has 0 radical (unpaired) electrons. The Bertz CT molecular complexity index is 4750. The number of anilines is 6. The number of benzene rings is 8. The summed E-state index contributed by atoms with van der Waals surface area (Å²) in [5.41, 5.74) is 24.6. The standard InChI is InChI=1S/C68H50N6O4S/c1-65(2)39-19-11-9-17-35(39)37-25-45-53(27-43(37)65)73(51-23-15-13-21-41(51)67(45,5)6)60-59(62-71-49-31-55-47(69-33-75-55)29-57(49)77-62)64(79-61(60)63-72-50-32-56-48(70-34-76-56)30-58(50)78-63)74-52-24-16-14-22-42(52)68(7,8)46-26-38-36-18-10-12-20-40(36)66(3,4)44(38)28-54(46)74/h9-34H,1-8H3. The summed E-state index contributed by atoms with van der Waals surface area (Å²) >= 11 is 1.64. The molecule has 0 amide bonds. The van der Waals surface area contributed by atoms with Crippen molar-refractivity contribution in [1.29, 1.82) is 0 Å². The number of fused-ring (bicyclic) bond motifs is 14. The maximum absolute atomic E-state index is 7.27. The fourth-order valence-corrected chi connectivity index (χ4v) is 15.4. The highest BCUT2D eigenvalue weighted by Gasteiger charge is 2.48. The van der Waals surface area contributed by atoms with E-state index < -0.39 is 10.8 Å². The van der Waals surface area contributed by atoms with Crippen molar-refractivity contribution in [3.8, 4) is 44.5 Å². The van der Waals surface area contributed by atoms with Crippen molar-refractivity contribution in [3.63, 3.8) is 0 Å². The highest BCUT2D eigenvalue weighted by atomic mass is 32.1. The zero-order valence-electron chi connectivity index (χ0n) is 44.7. The minimum Gasteiger partial charge on any atom is -0.443 e. The molecule has 0 N–H and O–H groups in total. The molecule has 17 rings (SSSR count). The molecule has 13 aromatic rings. The minimum absolute atomic E-state index is 0.276. The summed E-state index contributed by atoms with van der Waals surface area (Å²) in [6.45, 7) is 18.9. The lowest BCUT2D eigenvalue weighted by Gasteiger charge is -2.43. The molecule has 0 fully saturated rings. The highest BCUT2D eigenvalue weighted by molar-refractivity contribution is 7.21. The number of oxazole rings is 4. The molecule has 2 aliphatic carbocycles. The largest absolute Gasteiger partial charge is 0.443 e. The molecule has 10 nitrogen and oxygen atoms in total. The molecule has 4 aliphatic rings. The number of nitrogens with zero attached hydrogens (tertiary/aromatic N) is 6. The van der Waals surface area contributed by atoms with Crippen LogP contribution in [0.15, 0.2) is 176 Å². The van der Waals surface area contributed by atoms with Gasteiger partial charge in [-0.1, -0.05) is 140 Å². The van der Waals surface area contributed by atoms with Crippen LogP contribution in [0, 0.1) is 0 Å². The zero-order valence-corrected chi connectivity index (χ0v) is 45.6. The summed E-state index contributed by atoms with van der Waals surface area (Å²) in [6.07, 6.45) is 2.92. The van der Waals surface area contributed by atoms with E-state index in [1.54, 1.807) is 11.3 Å². The fraction of sp³-hybridized carbons (Fsp3) is 0.176. The molecule has 0 bridgehead atoms. The van der Waals surface area contributed by atoms with E-state index in [9.17, 15) is 0 Å². The second-order valence-electron chi connectivity index (χ2n) is 23.9. The van der Waals surface area contributed by atoms with Gasteiger partial charge in [-0.25, -0.2) is 19.9 Å². The normalized spacial score (nSPS) is 16.5. The molecule has 79 heavy (non-hydrogen) atoms. The predicted octanol–water partition coefficient (Wildman–Crippen LogP) is 18.5. The van der Waals surface area contributed by atoms with E-state index in [1.807, 2.05) is 24.3 Å². The molecule has 0 atom stereocenters. The monoisotopic (exact) mass is 1050 g/mol. The molecule has 382 valence electrons. The van der Waals surface area contributed by atoms with Crippen LogP contribution in [0.5, 0.6) is 0 Å². The van der Waals surface area contributed by atoms with Crippen LogP contribution >= 0.6 is 11.3 Å². The van der Waals surface area contributed by atoms with Gasteiger partial charge in [-0.3, -0.25) is 0 Å². The molecular formula is C68H50N6O4S. The maximum atomic E-state index is 7.27. The van der Waals surface area contributed by atoms with Gasteiger partial charge in [0.05, 0.1) is 34.0 Å². The van der Waals surface area contributed by atoms with Gasteiger partial charge in [0.25, 0.3) is 0 Å². The van der Waals surface area contributed by atoms with Gasteiger partial charge in [-0.05, 0) is 103 Å². The first-order chi connectivity index (χ1) is 38.2. The van der Waals surface area contributed by atoms with Crippen molar-refractivity contribution < 1.29 is 17.7 Å². The number of para-hydroxylation sites is 2. The summed E-state index contributed by atoms with van der Waals surface area (Å²) in [5.74, 6) is 0.880. The van der Waals surface area contributed by atoms with E-state index in [4.69, 9.17) is 27.6 Å². The molecule has 0 unspecified atom stereocenters. The summed E-state index contributed by atoms with van der Waals surface area (Å²) in [7, 11) is 0. The first-order valence-corrected chi connectivity index (χ1v) is 27.8. The number of hydrogen-bond donors (Lipinski definition) is 0. The van der Waals surface area contributed by atoms with E-state index in [0.29, 0.717) is 56.2 Å². The van der Waals surface area contributed by atoms with Crippen LogP contribution in [0.2, 0.25) is 0 Å². The zero-order chi connectivity index (χ0) is 53.2. The molecule has 11 heteroatoms. The van der Waals surface area contributed by atoms with Crippen molar-refractivity contribution >= 4 is 89.2 Å². The molecule has 0 saturated heterocycles. The van der Waals surface area contributed by atoms with Crippen LogP contribution in [0.3, 0.4) is 0 Å². The molecule has 0 spiro atoms. The van der Waals surface area contributed by atoms with Crippen molar-refractivity contribution in [2.45, 2.75) is 77.0 Å². The number of aromatic nitrogens is 4. The predicted molar refractivity (Wildman–Crippen MR) is 314 cm³/mol. The Balaban J connectivity index is 1.04. The maximum Gasteiger partial charge on any atom is 0.239 e. The van der Waals surface area contributed by atoms with Gasteiger partial charge in [0.1, 0.15) is 31.9 Å². The van der Waals surface area contributed by atoms with Gasteiger partial charge < -0.3 is 27.5 Å². The van der Waals surface area contributed by atoms with Gasteiger partial charge >= 0.3 is 0 Å². The number of thiophene rings is 1. The highest BCUT2D eigenvalue weighted by Crippen LogP contribution is 2.66. The Kier molecular flexibility index (Phi) is 8.51. The summed E-state index contributed by atoms with van der Waals surface area (Å²) in [4.78, 5) is 25.8. The molecular weight excluding hydrogens is 997 g/mol. The van der Waals surface area contributed by atoms with Crippen LogP contribution < -0.4 is 9.80 Å². The quantitative estimate of drug-likeness (QED) is 0.169. The average Bonchev–Trinajstić information content (AvgIpc) is 3.31. The minimum atomic E-state index is -0.420. The summed E-state index contributed by atoms with van der Waals surface area (Å²) in [6, 6.07) is 53.1. The average molecular weight is 1050 g/mol. The summed E-state index contributed by atoms with van der Waals surface area (Å²) in [5, 5.41) is 0.895. The van der Waals surface area contributed by atoms with Crippen molar-refractivity contribution in [1.82, 2.24) is 19.9 Å². The Morgan fingerprint density at radius 3 is 1.35 bits per heavy atom. The Labute approximate surface area is 458 Å². The summed E-state index contributed by atoms with van der Waals surface area (Å²) < 4.78 is 26.1. The molecule has 2 aliphatic heterocycles. The molecule has 8 aromatic carbocycles. The molecule has 0 saturated carbocycles. The lowest BCUT2D eigenvalue weighted by molar-refractivity contribution is 0.602. The third-order valence-electron chi connectivity index (χ3n) is 18.2. The Morgan fingerprint density at radius 2 is 0.810 bits per heavy atom. The second-order valence-corrected chi connectivity index (χ2v) is 24.9. The van der Waals surface area contributed by atoms with Crippen LogP contribution in [-0.2, 0) is 21.7 Å². The van der Waals surface area contributed by atoms with Gasteiger partial charge in [0, 0.05) is 45.9 Å². The number of hydrogen-bond acceptors (Lipinski definition) is 11. The molecule has 7 heterocycles. The Hall–Kier alpha value is -9.06. The SMILES string of the molecule is CC1(C)c2ccccc2-c2cc3c(cc21)N(c1sc(-c2nc4cc5ocnc5cc4o2)c(N2c4ccccc4C(C)(C)c4cc5c(cc42)C(C)(C)c2ccccc2-5)c1-c1nc2cc4ocnc4cc2o1)c1ccccc1C3(C)C. The van der Waals surface area contributed by atoms with Gasteiger partial charge in [0.15, 0.2) is 35.1 Å². The van der Waals surface area contributed by atoms with Crippen LogP contribution in [0.4, 0.5) is 33.4 Å². The van der Waals surface area contributed by atoms with E-state index in [1.165, 1.54) is 79.5 Å². The van der Waals surface area contributed by atoms with E-state index in [-0.39, 0.29) is 10.8 Å². The first kappa shape index (κ1) is 45.0.